The van der Waals surface area contributed by atoms with Crippen LogP contribution >= 0.6 is 0 Å². The minimum Gasteiger partial charge on any atom is -0.396 e. The minimum absolute atomic E-state index is 0.0774. The average molecular weight is 321 g/mol. The van der Waals surface area contributed by atoms with Gasteiger partial charge in [-0.05, 0) is 19.1 Å². The zero-order valence-corrected chi connectivity index (χ0v) is 13.5. The van der Waals surface area contributed by atoms with Crippen LogP contribution in [0.5, 0.6) is 0 Å². The fraction of sp³-hybridized carbons (Fsp3) is 0.211. The van der Waals surface area contributed by atoms with Gasteiger partial charge in [0.1, 0.15) is 5.82 Å². The first-order chi connectivity index (χ1) is 11.7. The van der Waals surface area contributed by atoms with Crippen molar-refractivity contribution < 1.29 is 5.11 Å². The Morgan fingerprint density at radius 3 is 2.50 bits per heavy atom. The highest BCUT2D eigenvalue weighted by atomic mass is 16.3. The number of aromatic nitrogens is 3. The predicted octanol–water partition coefficient (Wildman–Crippen LogP) is 2.20. The van der Waals surface area contributed by atoms with Crippen LogP contribution in [-0.4, -0.2) is 26.2 Å². The van der Waals surface area contributed by atoms with E-state index in [0.717, 1.165) is 11.3 Å². The van der Waals surface area contributed by atoms with E-state index >= 15 is 0 Å². The molecule has 0 spiro atoms. The second kappa shape index (κ2) is 7.19. The number of pyridine rings is 1. The van der Waals surface area contributed by atoms with Gasteiger partial charge in [-0.25, -0.2) is 4.98 Å². The molecule has 1 aromatic carbocycles. The molecule has 2 heterocycles. The molecule has 1 N–H and O–H groups in total. The van der Waals surface area contributed by atoms with Gasteiger partial charge < -0.3 is 5.11 Å². The Kier molecular flexibility index (Phi) is 4.82. The molecule has 3 aromatic rings. The molecule has 0 unspecified atom stereocenters. The highest BCUT2D eigenvalue weighted by Gasteiger charge is 2.15. The fourth-order valence-corrected chi connectivity index (χ4v) is 2.71. The molecule has 0 bridgehead atoms. The summed E-state index contributed by atoms with van der Waals surface area (Å²) in [7, 11) is 0. The number of hydrogen-bond donors (Lipinski definition) is 1. The van der Waals surface area contributed by atoms with E-state index in [9.17, 15) is 9.90 Å². The molecule has 24 heavy (non-hydrogen) atoms. The Hall–Kier alpha value is -2.79. The molecule has 0 saturated carbocycles. The fourth-order valence-electron chi connectivity index (χ4n) is 2.71. The van der Waals surface area contributed by atoms with Crippen molar-refractivity contribution in [1.82, 2.24) is 14.5 Å². The van der Waals surface area contributed by atoms with E-state index in [2.05, 4.69) is 9.97 Å². The number of rotatable bonds is 5. The van der Waals surface area contributed by atoms with Crippen molar-refractivity contribution in [2.45, 2.75) is 19.9 Å². The average Bonchev–Trinajstić information content (AvgIpc) is 2.62. The second-order valence-electron chi connectivity index (χ2n) is 5.55. The molecule has 0 saturated heterocycles. The predicted molar refractivity (Wildman–Crippen MR) is 92.8 cm³/mol. The minimum atomic E-state index is -0.124. The van der Waals surface area contributed by atoms with Crippen LogP contribution in [0.2, 0.25) is 0 Å². The molecule has 0 aliphatic carbocycles. The van der Waals surface area contributed by atoms with Crippen LogP contribution in [-0.2, 0) is 13.0 Å². The maximum atomic E-state index is 13.0. The SMILES string of the molecule is Cc1nc(-c2ccccc2)n(Cc2ccccn2)c(=O)c1CCO. The van der Waals surface area contributed by atoms with Crippen LogP contribution in [0.4, 0.5) is 0 Å². The molecule has 0 fully saturated rings. The maximum absolute atomic E-state index is 13.0. The lowest BCUT2D eigenvalue weighted by Gasteiger charge is -2.15. The lowest BCUT2D eigenvalue weighted by Crippen LogP contribution is -2.29. The number of aryl methyl sites for hydroxylation is 1. The standard InChI is InChI=1S/C19H19N3O2/c1-14-17(10-12-23)19(24)22(13-16-9-5-6-11-20-16)18(21-14)15-7-3-2-4-8-15/h2-9,11,23H,10,12-13H2,1H3. The second-order valence-corrected chi connectivity index (χ2v) is 5.55. The van der Waals surface area contributed by atoms with Gasteiger partial charge in [-0.15, -0.1) is 0 Å². The summed E-state index contributed by atoms with van der Waals surface area (Å²) in [5, 5.41) is 9.25. The van der Waals surface area contributed by atoms with Gasteiger partial charge >= 0.3 is 0 Å². The van der Waals surface area contributed by atoms with E-state index in [-0.39, 0.29) is 12.2 Å². The Bertz CT molecular complexity index is 874. The number of benzene rings is 1. The summed E-state index contributed by atoms with van der Waals surface area (Å²) in [6, 6.07) is 15.3. The van der Waals surface area contributed by atoms with Gasteiger partial charge in [0.2, 0.25) is 0 Å². The maximum Gasteiger partial charge on any atom is 0.257 e. The van der Waals surface area contributed by atoms with Crippen molar-refractivity contribution in [3.05, 3.63) is 82.0 Å². The smallest absolute Gasteiger partial charge is 0.257 e. The first kappa shape index (κ1) is 16.1. The molecule has 5 nitrogen and oxygen atoms in total. The van der Waals surface area contributed by atoms with Crippen LogP contribution in [0.1, 0.15) is 17.0 Å². The van der Waals surface area contributed by atoms with Crippen LogP contribution in [0, 0.1) is 6.92 Å². The van der Waals surface area contributed by atoms with Crippen molar-refractivity contribution in [3.8, 4) is 11.4 Å². The summed E-state index contributed by atoms with van der Waals surface area (Å²) >= 11 is 0. The first-order valence-electron chi connectivity index (χ1n) is 7.87. The van der Waals surface area contributed by atoms with Crippen molar-refractivity contribution >= 4 is 0 Å². The van der Waals surface area contributed by atoms with Gasteiger partial charge in [0.15, 0.2) is 0 Å². The topological polar surface area (TPSA) is 68.0 Å². The summed E-state index contributed by atoms with van der Waals surface area (Å²) in [6.07, 6.45) is 2.01. The van der Waals surface area contributed by atoms with Gasteiger partial charge in [-0.1, -0.05) is 36.4 Å². The van der Waals surface area contributed by atoms with Crippen LogP contribution < -0.4 is 5.56 Å². The zero-order valence-electron chi connectivity index (χ0n) is 13.5. The van der Waals surface area contributed by atoms with E-state index in [0.29, 0.717) is 30.0 Å². The molecule has 0 atom stereocenters. The molecule has 3 rings (SSSR count). The third-order valence-corrected chi connectivity index (χ3v) is 3.91. The van der Waals surface area contributed by atoms with Crippen LogP contribution in [0.25, 0.3) is 11.4 Å². The monoisotopic (exact) mass is 321 g/mol. The Balaban J connectivity index is 2.19. The molecule has 0 aliphatic rings. The van der Waals surface area contributed by atoms with Gasteiger partial charge in [0, 0.05) is 36.0 Å². The van der Waals surface area contributed by atoms with E-state index in [1.54, 1.807) is 10.8 Å². The van der Waals surface area contributed by atoms with E-state index in [4.69, 9.17) is 0 Å². The van der Waals surface area contributed by atoms with Gasteiger partial charge in [0.05, 0.1) is 12.2 Å². The summed E-state index contributed by atoms with van der Waals surface area (Å²) < 4.78 is 1.63. The summed E-state index contributed by atoms with van der Waals surface area (Å²) in [4.78, 5) is 21.9. The molecular weight excluding hydrogens is 302 g/mol. The number of hydrogen-bond acceptors (Lipinski definition) is 4. The molecule has 0 radical (unpaired) electrons. The Labute approximate surface area is 140 Å². The number of aliphatic hydroxyl groups is 1. The first-order valence-corrected chi connectivity index (χ1v) is 7.87. The quantitative estimate of drug-likeness (QED) is 0.782. The van der Waals surface area contributed by atoms with E-state index in [1.807, 2.05) is 55.5 Å². The van der Waals surface area contributed by atoms with E-state index < -0.39 is 0 Å². The van der Waals surface area contributed by atoms with Crippen LogP contribution in [0.3, 0.4) is 0 Å². The number of aliphatic hydroxyl groups excluding tert-OH is 1. The third kappa shape index (κ3) is 3.26. The Morgan fingerprint density at radius 2 is 1.83 bits per heavy atom. The number of nitrogens with zero attached hydrogens (tertiary/aromatic N) is 3. The third-order valence-electron chi connectivity index (χ3n) is 3.91. The van der Waals surface area contributed by atoms with Crippen molar-refractivity contribution in [3.63, 3.8) is 0 Å². The molecule has 0 aliphatic heterocycles. The summed E-state index contributed by atoms with van der Waals surface area (Å²) in [5.74, 6) is 0.616. The normalized spacial score (nSPS) is 10.8. The molecule has 122 valence electrons. The van der Waals surface area contributed by atoms with Gasteiger partial charge in [-0.3, -0.25) is 14.3 Å². The van der Waals surface area contributed by atoms with Crippen molar-refractivity contribution in [2.75, 3.05) is 6.61 Å². The summed E-state index contributed by atoms with van der Waals surface area (Å²) in [5.41, 5.74) is 2.75. The molecule has 2 aromatic heterocycles. The molecule has 5 heteroatoms. The highest BCUT2D eigenvalue weighted by Crippen LogP contribution is 2.18. The Morgan fingerprint density at radius 1 is 1.08 bits per heavy atom. The highest BCUT2D eigenvalue weighted by molar-refractivity contribution is 5.55. The van der Waals surface area contributed by atoms with Crippen molar-refractivity contribution in [2.24, 2.45) is 0 Å². The lowest BCUT2D eigenvalue weighted by molar-refractivity contribution is 0.298. The van der Waals surface area contributed by atoms with Crippen molar-refractivity contribution in [1.29, 1.82) is 0 Å². The molecule has 0 amide bonds. The zero-order chi connectivity index (χ0) is 16.9. The molecular formula is C19H19N3O2. The summed E-state index contributed by atoms with van der Waals surface area (Å²) in [6.45, 7) is 2.07. The van der Waals surface area contributed by atoms with Crippen LogP contribution in [0.15, 0.2) is 59.5 Å². The van der Waals surface area contributed by atoms with Gasteiger partial charge in [0.25, 0.3) is 5.56 Å². The van der Waals surface area contributed by atoms with E-state index in [1.165, 1.54) is 0 Å². The largest absolute Gasteiger partial charge is 0.396 e. The van der Waals surface area contributed by atoms with Gasteiger partial charge in [-0.2, -0.15) is 0 Å². The lowest BCUT2D eigenvalue weighted by atomic mass is 10.1.